The first-order chi connectivity index (χ1) is 5.22. The van der Waals surface area contributed by atoms with Crippen molar-refractivity contribution in [1.29, 1.82) is 0 Å². The van der Waals surface area contributed by atoms with Crippen molar-refractivity contribution in [2.24, 2.45) is 0 Å². The van der Waals surface area contributed by atoms with Crippen molar-refractivity contribution in [2.45, 2.75) is 13.2 Å². The van der Waals surface area contributed by atoms with Gasteiger partial charge in [-0.15, -0.1) is 0 Å². The third-order valence-corrected chi connectivity index (χ3v) is 1.24. The molecule has 0 radical (unpaired) electrons. The summed E-state index contributed by atoms with van der Waals surface area (Å²) in [5.41, 5.74) is 0.585. The van der Waals surface area contributed by atoms with E-state index >= 15 is 0 Å². The van der Waals surface area contributed by atoms with Gasteiger partial charge in [0.15, 0.2) is 5.76 Å². The van der Waals surface area contributed by atoms with Crippen molar-refractivity contribution in [1.82, 2.24) is 10.1 Å². The highest BCUT2D eigenvalue weighted by atomic mass is 16.5. The lowest BCUT2D eigenvalue weighted by atomic mass is 10.3. The van der Waals surface area contributed by atoms with E-state index in [1.165, 1.54) is 0 Å². The van der Waals surface area contributed by atoms with Crippen LogP contribution in [0.25, 0.3) is 0 Å². The number of rotatable bonds is 3. The number of aromatic nitrogens is 1. The zero-order valence-electron chi connectivity index (χ0n) is 6.74. The molecule has 0 atom stereocenters. The maximum atomic E-state index is 8.65. The van der Waals surface area contributed by atoms with Crippen LogP contribution in [0.5, 0.6) is 0 Å². The van der Waals surface area contributed by atoms with Gasteiger partial charge in [-0.3, -0.25) is 0 Å². The summed E-state index contributed by atoms with van der Waals surface area (Å²) in [4.78, 5) is 1.97. The van der Waals surface area contributed by atoms with Crippen LogP contribution < -0.4 is 0 Å². The Labute approximate surface area is 65.4 Å². The summed E-state index contributed by atoms with van der Waals surface area (Å²) < 4.78 is 4.91. The summed E-state index contributed by atoms with van der Waals surface area (Å²) in [6.07, 6.45) is 0. The fraction of sp³-hybridized carbons (Fsp3) is 0.571. The molecule has 1 heterocycles. The summed E-state index contributed by atoms with van der Waals surface area (Å²) in [7, 11) is 3.89. The first-order valence-electron chi connectivity index (χ1n) is 3.42. The first kappa shape index (κ1) is 8.23. The van der Waals surface area contributed by atoms with E-state index in [1.807, 2.05) is 19.0 Å². The minimum Gasteiger partial charge on any atom is -0.390 e. The molecule has 0 spiro atoms. The van der Waals surface area contributed by atoms with Crippen molar-refractivity contribution in [2.75, 3.05) is 14.1 Å². The van der Waals surface area contributed by atoms with Gasteiger partial charge in [0, 0.05) is 6.07 Å². The van der Waals surface area contributed by atoms with E-state index in [2.05, 4.69) is 5.16 Å². The molecule has 62 valence electrons. The normalized spacial score (nSPS) is 10.9. The van der Waals surface area contributed by atoms with E-state index in [0.29, 0.717) is 12.2 Å². The van der Waals surface area contributed by atoms with E-state index in [1.54, 1.807) is 6.07 Å². The zero-order valence-corrected chi connectivity index (χ0v) is 6.74. The van der Waals surface area contributed by atoms with Gasteiger partial charge < -0.3 is 14.5 Å². The lowest BCUT2D eigenvalue weighted by molar-refractivity contribution is 0.261. The molecule has 0 saturated heterocycles. The smallest absolute Gasteiger partial charge is 0.151 e. The van der Waals surface area contributed by atoms with Crippen LogP contribution in [0.2, 0.25) is 0 Å². The van der Waals surface area contributed by atoms with E-state index in [0.717, 1.165) is 5.76 Å². The zero-order chi connectivity index (χ0) is 8.27. The Morgan fingerprint density at radius 3 is 2.82 bits per heavy atom. The average molecular weight is 156 g/mol. The Bertz CT molecular complexity index is 220. The third-order valence-electron chi connectivity index (χ3n) is 1.24. The van der Waals surface area contributed by atoms with Crippen molar-refractivity contribution in [3.63, 3.8) is 0 Å². The minimum absolute atomic E-state index is 0.0586. The minimum atomic E-state index is -0.0586. The summed E-state index contributed by atoms with van der Waals surface area (Å²) in [6.45, 7) is 0.657. The molecule has 4 nitrogen and oxygen atoms in total. The molecule has 0 amide bonds. The van der Waals surface area contributed by atoms with Gasteiger partial charge in [-0.2, -0.15) is 0 Å². The maximum Gasteiger partial charge on any atom is 0.151 e. The summed E-state index contributed by atoms with van der Waals surface area (Å²) in [5.74, 6) is 0.777. The Morgan fingerprint density at radius 2 is 2.36 bits per heavy atom. The number of nitrogens with zero attached hydrogens (tertiary/aromatic N) is 2. The Balaban J connectivity index is 2.58. The van der Waals surface area contributed by atoms with Crippen molar-refractivity contribution in [3.8, 4) is 0 Å². The molecule has 1 N–H and O–H groups in total. The quantitative estimate of drug-likeness (QED) is 0.680. The van der Waals surface area contributed by atoms with Gasteiger partial charge in [0.05, 0.1) is 13.2 Å². The second-order valence-corrected chi connectivity index (χ2v) is 2.68. The highest BCUT2D eigenvalue weighted by Crippen LogP contribution is 2.04. The van der Waals surface area contributed by atoms with E-state index < -0.39 is 0 Å². The highest BCUT2D eigenvalue weighted by Gasteiger charge is 2.02. The molecular formula is C7H12N2O2. The molecule has 0 fully saturated rings. The topological polar surface area (TPSA) is 49.5 Å². The SMILES string of the molecule is CN(C)Cc1cc(CO)no1. The summed E-state index contributed by atoms with van der Waals surface area (Å²) in [6, 6.07) is 1.75. The van der Waals surface area contributed by atoms with E-state index in [9.17, 15) is 0 Å². The van der Waals surface area contributed by atoms with Gasteiger partial charge in [0.2, 0.25) is 0 Å². The molecule has 0 bridgehead atoms. The summed E-state index contributed by atoms with van der Waals surface area (Å²) >= 11 is 0. The standard InChI is InChI=1S/C7H12N2O2/c1-9(2)4-7-3-6(5-10)8-11-7/h3,10H,4-5H2,1-2H3. The van der Waals surface area contributed by atoms with Crippen LogP contribution in [0.1, 0.15) is 11.5 Å². The van der Waals surface area contributed by atoms with Crippen molar-refractivity contribution >= 4 is 0 Å². The number of aliphatic hydroxyl groups is 1. The van der Waals surface area contributed by atoms with Crippen LogP contribution in [0, 0.1) is 0 Å². The molecule has 0 saturated carbocycles. The van der Waals surface area contributed by atoms with Gasteiger partial charge in [0.25, 0.3) is 0 Å². The molecule has 1 rings (SSSR count). The molecule has 4 heteroatoms. The number of aliphatic hydroxyl groups excluding tert-OH is 1. The molecule has 1 aromatic heterocycles. The van der Waals surface area contributed by atoms with Gasteiger partial charge in [-0.05, 0) is 14.1 Å². The van der Waals surface area contributed by atoms with Gasteiger partial charge in [0.1, 0.15) is 5.69 Å². The molecule has 0 aromatic carbocycles. The average Bonchev–Trinajstić information content (AvgIpc) is 2.34. The van der Waals surface area contributed by atoms with Gasteiger partial charge in [-0.25, -0.2) is 0 Å². The lowest BCUT2D eigenvalue weighted by Gasteiger charge is -2.03. The predicted molar refractivity (Wildman–Crippen MR) is 39.8 cm³/mol. The van der Waals surface area contributed by atoms with Crippen LogP contribution in [0.4, 0.5) is 0 Å². The third kappa shape index (κ3) is 2.32. The second kappa shape index (κ2) is 3.50. The van der Waals surface area contributed by atoms with Crippen LogP contribution in [0.3, 0.4) is 0 Å². The highest BCUT2D eigenvalue weighted by molar-refractivity contribution is 5.03. The van der Waals surface area contributed by atoms with Crippen molar-refractivity contribution in [3.05, 3.63) is 17.5 Å². The van der Waals surface area contributed by atoms with Crippen LogP contribution in [0.15, 0.2) is 10.6 Å². The molecule has 0 unspecified atom stereocenters. The number of hydrogen-bond acceptors (Lipinski definition) is 4. The van der Waals surface area contributed by atoms with Crippen LogP contribution >= 0.6 is 0 Å². The van der Waals surface area contributed by atoms with Crippen LogP contribution in [-0.2, 0) is 13.2 Å². The predicted octanol–water partition coefficient (Wildman–Crippen LogP) is 0.228. The fourth-order valence-corrected chi connectivity index (χ4v) is 0.816. The Kier molecular flexibility index (Phi) is 2.62. The monoisotopic (exact) mass is 156 g/mol. The molecule has 0 aliphatic rings. The molecule has 0 aliphatic heterocycles. The molecule has 1 aromatic rings. The van der Waals surface area contributed by atoms with Gasteiger partial charge >= 0.3 is 0 Å². The first-order valence-corrected chi connectivity index (χ1v) is 3.42. The van der Waals surface area contributed by atoms with Gasteiger partial charge in [-0.1, -0.05) is 5.16 Å². The Morgan fingerprint density at radius 1 is 1.64 bits per heavy atom. The van der Waals surface area contributed by atoms with E-state index in [4.69, 9.17) is 9.63 Å². The number of hydrogen-bond donors (Lipinski definition) is 1. The molecular weight excluding hydrogens is 144 g/mol. The largest absolute Gasteiger partial charge is 0.390 e. The molecule has 11 heavy (non-hydrogen) atoms. The Hall–Kier alpha value is -0.870. The van der Waals surface area contributed by atoms with E-state index in [-0.39, 0.29) is 6.61 Å². The second-order valence-electron chi connectivity index (χ2n) is 2.68. The molecule has 0 aliphatic carbocycles. The summed E-state index contributed by atoms with van der Waals surface area (Å²) in [5, 5.41) is 12.3. The van der Waals surface area contributed by atoms with Crippen LogP contribution in [-0.4, -0.2) is 29.3 Å². The maximum absolute atomic E-state index is 8.65. The van der Waals surface area contributed by atoms with Crippen molar-refractivity contribution < 1.29 is 9.63 Å². The lowest BCUT2D eigenvalue weighted by Crippen LogP contribution is -2.09. The fourth-order valence-electron chi connectivity index (χ4n) is 0.816.